The molecule has 0 aliphatic carbocycles. The minimum atomic E-state index is -0.295. The van der Waals surface area contributed by atoms with Crippen molar-refractivity contribution in [2.45, 2.75) is 6.04 Å². The zero-order valence-electron chi connectivity index (χ0n) is 9.93. The summed E-state index contributed by atoms with van der Waals surface area (Å²) in [6.45, 7) is 0.803. The number of ether oxygens (including phenoxy) is 2. The molecule has 1 aromatic carbocycles. The van der Waals surface area contributed by atoms with Crippen LogP contribution in [0.1, 0.15) is 0 Å². The van der Waals surface area contributed by atoms with E-state index >= 15 is 0 Å². The molecule has 0 unspecified atom stereocenters. The maximum atomic E-state index is 8.84. The number of aliphatic hydroxyl groups excluding tert-OH is 2. The van der Waals surface area contributed by atoms with E-state index in [-0.39, 0.29) is 19.3 Å². The molecule has 0 fully saturated rings. The topological polar surface area (TPSA) is 71.0 Å². The molecule has 0 atom stereocenters. The van der Waals surface area contributed by atoms with Gasteiger partial charge in [0.25, 0.3) is 0 Å². The summed E-state index contributed by atoms with van der Waals surface area (Å²) in [5, 5.41) is 20.6. The molecule has 0 amide bonds. The fourth-order valence-electron chi connectivity index (χ4n) is 1.35. The van der Waals surface area contributed by atoms with E-state index in [1.165, 1.54) is 0 Å². The van der Waals surface area contributed by atoms with Crippen LogP contribution in [0.15, 0.2) is 24.3 Å². The zero-order chi connectivity index (χ0) is 12.5. The highest BCUT2D eigenvalue weighted by atomic mass is 16.5. The monoisotopic (exact) mass is 241 g/mol. The standard InChI is InChI=1S/C12H19NO4/c1-16-11-4-2-3-5-12(11)17-7-6-13-10(8-14)9-15/h2-5,10,13-15H,6-9H2,1H3. The second-order valence-corrected chi connectivity index (χ2v) is 3.52. The third-order valence-corrected chi connectivity index (χ3v) is 2.30. The van der Waals surface area contributed by atoms with Crippen LogP contribution >= 0.6 is 0 Å². The second kappa shape index (κ2) is 7.89. The number of methoxy groups -OCH3 is 1. The molecule has 0 spiro atoms. The van der Waals surface area contributed by atoms with Gasteiger partial charge in [-0.1, -0.05) is 12.1 Å². The number of nitrogens with one attached hydrogen (secondary N) is 1. The third-order valence-electron chi connectivity index (χ3n) is 2.30. The van der Waals surface area contributed by atoms with Crippen molar-refractivity contribution >= 4 is 0 Å². The van der Waals surface area contributed by atoms with E-state index in [9.17, 15) is 0 Å². The van der Waals surface area contributed by atoms with Gasteiger partial charge in [-0.3, -0.25) is 0 Å². The normalized spacial score (nSPS) is 10.6. The van der Waals surface area contributed by atoms with Gasteiger partial charge in [-0.15, -0.1) is 0 Å². The van der Waals surface area contributed by atoms with Crippen LogP contribution in [-0.2, 0) is 0 Å². The molecule has 96 valence electrons. The molecule has 0 radical (unpaired) electrons. The van der Waals surface area contributed by atoms with Crippen LogP contribution in [0.3, 0.4) is 0 Å². The van der Waals surface area contributed by atoms with E-state index in [0.29, 0.717) is 24.7 Å². The minimum absolute atomic E-state index is 0.0921. The number of rotatable bonds is 8. The van der Waals surface area contributed by atoms with E-state index < -0.39 is 0 Å². The molecule has 0 bridgehead atoms. The van der Waals surface area contributed by atoms with Crippen LogP contribution < -0.4 is 14.8 Å². The Morgan fingerprint density at radius 2 is 1.82 bits per heavy atom. The Labute approximate surface area is 101 Å². The zero-order valence-corrected chi connectivity index (χ0v) is 9.93. The Morgan fingerprint density at radius 1 is 1.18 bits per heavy atom. The molecule has 0 aliphatic rings. The van der Waals surface area contributed by atoms with Crippen molar-refractivity contribution in [2.75, 3.05) is 33.5 Å². The summed E-state index contributed by atoms with van der Waals surface area (Å²) in [6, 6.07) is 7.10. The van der Waals surface area contributed by atoms with Crippen molar-refractivity contribution < 1.29 is 19.7 Å². The summed E-state index contributed by atoms with van der Waals surface area (Å²) in [5.74, 6) is 1.37. The van der Waals surface area contributed by atoms with Gasteiger partial charge >= 0.3 is 0 Å². The van der Waals surface area contributed by atoms with E-state index in [2.05, 4.69) is 5.32 Å². The highest BCUT2D eigenvalue weighted by molar-refractivity contribution is 5.39. The SMILES string of the molecule is COc1ccccc1OCCNC(CO)CO. The van der Waals surface area contributed by atoms with Crippen LogP contribution in [0.5, 0.6) is 11.5 Å². The Kier molecular flexibility index (Phi) is 6.39. The average Bonchev–Trinajstić information content (AvgIpc) is 2.39. The van der Waals surface area contributed by atoms with Gasteiger partial charge in [0, 0.05) is 6.54 Å². The summed E-state index contributed by atoms with van der Waals surface area (Å²) in [7, 11) is 1.59. The van der Waals surface area contributed by atoms with Gasteiger partial charge < -0.3 is 25.0 Å². The first kappa shape index (κ1) is 13.8. The van der Waals surface area contributed by atoms with Crippen molar-refractivity contribution in [2.24, 2.45) is 0 Å². The predicted molar refractivity (Wildman–Crippen MR) is 64.5 cm³/mol. The van der Waals surface area contributed by atoms with Crippen molar-refractivity contribution in [1.29, 1.82) is 0 Å². The number of para-hydroxylation sites is 2. The fraction of sp³-hybridized carbons (Fsp3) is 0.500. The molecule has 0 saturated heterocycles. The molecule has 0 aliphatic heterocycles. The molecule has 5 nitrogen and oxygen atoms in total. The van der Waals surface area contributed by atoms with Gasteiger partial charge in [-0.05, 0) is 12.1 Å². The maximum Gasteiger partial charge on any atom is 0.161 e. The van der Waals surface area contributed by atoms with Gasteiger partial charge in [-0.25, -0.2) is 0 Å². The lowest BCUT2D eigenvalue weighted by Gasteiger charge is -2.14. The van der Waals surface area contributed by atoms with Crippen LogP contribution in [0, 0.1) is 0 Å². The van der Waals surface area contributed by atoms with E-state index in [1.807, 2.05) is 24.3 Å². The molecule has 1 rings (SSSR count). The largest absolute Gasteiger partial charge is 0.493 e. The lowest BCUT2D eigenvalue weighted by atomic mass is 10.3. The van der Waals surface area contributed by atoms with Crippen LogP contribution in [0.2, 0.25) is 0 Å². The molecule has 17 heavy (non-hydrogen) atoms. The van der Waals surface area contributed by atoms with Crippen molar-refractivity contribution in [3.8, 4) is 11.5 Å². The van der Waals surface area contributed by atoms with E-state index in [4.69, 9.17) is 19.7 Å². The fourth-order valence-corrected chi connectivity index (χ4v) is 1.35. The van der Waals surface area contributed by atoms with Crippen molar-refractivity contribution in [1.82, 2.24) is 5.32 Å². The summed E-state index contributed by atoms with van der Waals surface area (Å²) < 4.78 is 10.7. The highest BCUT2D eigenvalue weighted by Gasteiger charge is 2.05. The van der Waals surface area contributed by atoms with Crippen molar-refractivity contribution in [3.05, 3.63) is 24.3 Å². The summed E-state index contributed by atoms with van der Waals surface area (Å²) in [4.78, 5) is 0. The van der Waals surface area contributed by atoms with Crippen LogP contribution in [0.25, 0.3) is 0 Å². The average molecular weight is 241 g/mol. The number of aliphatic hydroxyl groups is 2. The first-order valence-electron chi connectivity index (χ1n) is 5.52. The van der Waals surface area contributed by atoms with E-state index in [0.717, 1.165) is 0 Å². The number of hydrogen-bond acceptors (Lipinski definition) is 5. The molecule has 0 saturated carbocycles. The van der Waals surface area contributed by atoms with Crippen LogP contribution in [-0.4, -0.2) is 49.7 Å². The predicted octanol–water partition coefficient (Wildman–Crippen LogP) is 0.0168. The Hall–Kier alpha value is -1.30. The first-order chi connectivity index (χ1) is 8.31. The molecular formula is C12H19NO4. The Balaban J connectivity index is 2.30. The molecule has 0 heterocycles. The van der Waals surface area contributed by atoms with Gasteiger partial charge in [0.1, 0.15) is 6.61 Å². The van der Waals surface area contributed by atoms with Gasteiger partial charge in [0.2, 0.25) is 0 Å². The Bertz CT molecular complexity index is 315. The summed E-state index contributed by atoms with van der Waals surface area (Å²) >= 11 is 0. The van der Waals surface area contributed by atoms with Gasteiger partial charge in [0.15, 0.2) is 11.5 Å². The smallest absolute Gasteiger partial charge is 0.161 e. The minimum Gasteiger partial charge on any atom is -0.493 e. The molecular weight excluding hydrogens is 222 g/mol. The van der Waals surface area contributed by atoms with E-state index in [1.54, 1.807) is 7.11 Å². The molecule has 1 aromatic rings. The quantitative estimate of drug-likeness (QED) is 0.560. The summed E-state index contributed by atoms with van der Waals surface area (Å²) in [6.07, 6.45) is 0. The lowest BCUT2D eigenvalue weighted by Crippen LogP contribution is -2.38. The first-order valence-corrected chi connectivity index (χ1v) is 5.52. The third kappa shape index (κ3) is 4.60. The van der Waals surface area contributed by atoms with Gasteiger partial charge in [-0.2, -0.15) is 0 Å². The molecule has 5 heteroatoms. The number of hydrogen-bond donors (Lipinski definition) is 3. The maximum absolute atomic E-state index is 8.84. The van der Waals surface area contributed by atoms with Crippen molar-refractivity contribution in [3.63, 3.8) is 0 Å². The van der Waals surface area contributed by atoms with Gasteiger partial charge in [0.05, 0.1) is 26.4 Å². The molecule has 3 N–H and O–H groups in total. The second-order valence-electron chi connectivity index (χ2n) is 3.52. The van der Waals surface area contributed by atoms with Crippen LogP contribution in [0.4, 0.5) is 0 Å². The number of benzene rings is 1. The molecule has 0 aromatic heterocycles. The lowest BCUT2D eigenvalue weighted by molar-refractivity contribution is 0.165. The Morgan fingerprint density at radius 3 is 2.41 bits per heavy atom. The summed E-state index contributed by atoms with van der Waals surface area (Å²) in [5.41, 5.74) is 0. The highest BCUT2D eigenvalue weighted by Crippen LogP contribution is 2.25.